The van der Waals surface area contributed by atoms with E-state index < -0.39 is 12.1 Å². The maximum Gasteiger partial charge on any atom is 0.349 e. The summed E-state index contributed by atoms with van der Waals surface area (Å²) in [7, 11) is 0. The first-order chi connectivity index (χ1) is 16.1. The SMILES string of the molecule is C=NCc1c(-c2ccc(F)cc2)cc(-c2ccccc2)nc1OC(C(=O)O)c1ccccc1. The molecule has 0 saturated carbocycles. The molecule has 1 atom stereocenters. The highest BCUT2D eigenvalue weighted by atomic mass is 19.1. The van der Waals surface area contributed by atoms with E-state index in [0.717, 1.165) is 11.1 Å². The van der Waals surface area contributed by atoms with E-state index in [1.165, 1.54) is 12.1 Å². The van der Waals surface area contributed by atoms with E-state index in [0.29, 0.717) is 22.4 Å². The highest BCUT2D eigenvalue weighted by Gasteiger charge is 2.25. The molecule has 1 unspecified atom stereocenters. The van der Waals surface area contributed by atoms with Crippen LogP contribution in [0.4, 0.5) is 4.39 Å². The van der Waals surface area contributed by atoms with E-state index >= 15 is 0 Å². The molecule has 0 aliphatic heterocycles. The first kappa shape index (κ1) is 21.9. The lowest BCUT2D eigenvalue weighted by atomic mass is 9.98. The third-order valence-corrected chi connectivity index (χ3v) is 5.14. The molecule has 1 heterocycles. The standard InChI is InChI=1S/C27H21FN2O3/c1-29-17-23-22(18-12-14-21(28)15-13-18)16-24(19-8-4-2-5-9-19)30-26(23)33-25(27(31)32)20-10-6-3-7-11-20/h2-16,25H,1,17H2,(H,31,32). The van der Waals surface area contributed by atoms with Crippen molar-refractivity contribution in [3.05, 3.63) is 108 Å². The second-order valence-corrected chi connectivity index (χ2v) is 7.34. The molecule has 4 aromatic rings. The van der Waals surface area contributed by atoms with Crippen molar-refractivity contribution >= 4 is 12.7 Å². The van der Waals surface area contributed by atoms with Crippen LogP contribution in [0.15, 0.2) is 96.0 Å². The third kappa shape index (κ3) is 4.96. The number of carbonyl (C=O) groups is 1. The fourth-order valence-corrected chi connectivity index (χ4v) is 3.55. The predicted octanol–water partition coefficient (Wildman–Crippen LogP) is 5.96. The number of carboxylic acids is 1. The highest BCUT2D eigenvalue weighted by Crippen LogP contribution is 2.36. The Labute approximate surface area is 190 Å². The van der Waals surface area contributed by atoms with Crippen molar-refractivity contribution in [3.8, 4) is 28.3 Å². The first-order valence-corrected chi connectivity index (χ1v) is 10.3. The van der Waals surface area contributed by atoms with Crippen molar-refractivity contribution in [2.75, 3.05) is 0 Å². The molecule has 0 aliphatic carbocycles. The van der Waals surface area contributed by atoms with Crippen LogP contribution in [-0.4, -0.2) is 22.8 Å². The van der Waals surface area contributed by atoms with E-state index in [4.69, 9.17) is 4.74 Å². The smallest absolute Gasteiger partial charge is 0.349 e. The minimum absolute atomic E-state index is 0.138. The molecule has 1 N–H and O–H groups in total. The van der Waals surface area contributed by atoms with Crippen molar-refractivity contribution in [1.82, 2.24) is 4.98 Å². The first-order valence-electron chi connectivity index (χ1n) is 10.3. The van der Waals surface area contributed by atoms with E-state index in [1.807, 2.05) is 36.4 Å². The van der Waals surface area contributed by atoms with Gasteiger partial charge in [-0.25, -0.2) is 14.2 Å². The van der Waals surface area contributed by atoms with E-state index in [-0.39, 0.29) is 18.2 Å². The molecule has 1 aromatic heterocycles. The Morgan fingerprint density at radius 3 is 2.21 bits per heavy atom. The summed E-state index contributed by atoms with van der Waals surface area (Å²) in [5.74, 6) is -1.36. The van der Waals surface area contributed by atoms with Gasteiger partial charge in [0.1, 0.15) is 5.82 Å². The van der Waals surface area contributed by atoms with Crippen molar-refractivity contribution in [2.45, 2.75) is 12.6 Å². The number of aliphatic carboxylic acids is 1. The van der Waals surface area contributed by atoms with Crippen LogP contribution >= 0.6 is 0 Å². The zero-order valence-electron chi connectivity index (χ0n) is 17.7. The molecular formula is C27H21FN2O3. The maximum absolute atomic E-state index is 13.6. The van der Waals surface area contributed by atoms with Gasteiger partial charge in [0, 0.05) is 16.7 Å². The molecule has 3 aromatic carbocycles. The second kappa shape index (κ2) is 9.87. The van der Waals surface area contributed by atoms with Crippen molar-refractivity contribution < 1.29 is 19.0 Å². The van der Waals surface area contributed by atoms with Crippen LogP contribution in [0.1, 0.15) is 17.2 Å². The molecule has 33 heavy (non-hydrogen) atoms. The zero-order valence-corrected chi connectivity index (χ0v) is 17.7. The van der Waals surface area contributed by atoms with Crippen molar-refractivity contribution in [2.24, 2.45) is 4.99 Å². The normalized spacial score (nSPS) is 11.5. The van der Waals surface area contributed by atoms with Crippen LogP contribution in [0.2, 0.25) is 0 Å². The third-order valence-electron chi connectivity index (χ3n) is 5.14. The lowest BCUT2D eigenvalue weighted by Gasteiger charge is -2.20. The quantitative estimate of drug-likeness (QED) is 0.343. The van der Waals surface area contributed by atoms with Gasteiger partial charge in [-0.1, -0.05) is 72.8 Å². The number of ether oxygens (including phenoxy) is 1. The molecular weight excluding hydrogens is 419 g/mol. The maximum atomic E-state index is 13.6. The van der Waals surface area contributed by atoms with Gasteiger partial charge < -0.3 is 9.84 Å². The summed E-state index contributed by atoms with van der Waals surface area (Å²) in [6.45, 7) is 3.73. The number of aromatic nitrogens is 1. The summed E-state index contributed by atoms with van der Waals surface area (Å²) in [6, 6.07) is 26.1. The Morgan fingerprint density at radius 2 is 1.61 bits per heavy atom. The predicted molar refractivity (Wildman–Crippen MR) is 126 cm³/mol. The molecule has 0 aliphatic rings. The molecule has 0 bridgehead atoms. The van der Waals surface area contributed by atoms with Crippen LogP contribution in [0.25, 0.3) is 22.4 Å². The fourth-order valence-electron chi connectivity index (χ4n) is 3.55. The van der Waals surface area contributed by atoms with Gasteiger partial charge in [-0.15, -0.1) is 0 Å². The number of hydrogen-bond acceptors (Lipinski definition) is 4. The van der Waals surface area contributed by atoms with Gasteiger partial charge in [0.25, 0.3) is 0 Å². The minimum atomic E-state index is -1.27. The number of pyridine rings is 1. The average molecular weight is 440 g/mol. The summed E-state index contributed by atoms with van der Waals surface area (Å²) in [6.07, 6.45) is -1.27. The highest BCUT2D eigenvalue weighted by molar-refractivity contribution is 5.77. The molecule has 164 valence electrons. The van der Waals surface area contributed by atoms with Gasteiger partial charge in [0.05, 0.1) is 12.2 Å². The number of carboxylic acid groups (broad SMARTS) is 1. The number of halogens is 1. The lowest BCUT2D eigenvalue weighted by Crippen LogP contribution is -2.19. The fraction of sp³-hybridized carbons (Fsp3) is 0.0741. The molecule has 0 amide bonds. The summed E-state index contributed by atoms with van der Waals surface area (Å²) in [5, 5.41) is 9.88. The molecule has 6 heteroatoms. The number of hydrogen-bond donors (Lipinski definition) is 1. The van der Waals surface area contributed by atoms with Gasteiger partial charge >= 0.3 is 5.97 Å². The molecule has 0 saturated heterocycles. The topological polar surface area (TPSA) is 71.8 Å². The summed E-state index contributed by atoms with van der Waals surface area (Å²) in [5.41, 5.74) is 3.91. The Balaban J connectivity index is 1.91. The number of rotatable bonds is 8. The number of benzene rings is 3. The summed E-state index contributed by atoms with van der Waals surface area (Å²) < 4.78 is 19.6. The van der Waals surface area contributed by atoms with E-state index in [1.54, 1.807) is 42.5 Å². The van der Waals surface area contributed by atoms with Crippen LogP contribution in [-0.2, 0) is 11.3 Å². The Kier molecular flexibility index (Phi) is 6.55. The van der Waals surface area contributed by atoms with Crippen LogP contribution < -0.4 is 4.74 Å². The Morgan fingerprint density at radius 1 is 0.970 bits per heavy atom. The van der Waals surface area contributed by atoms with Crippen LogP contribution in [0.3, 0.4) is 0 Å². The summed E-state index contributed by atoms with van der Waals surface area (Å²) in [4.78, 5) is 20.8. The largest absolute Gasteiger partial charge is 0.478 e. The molecule has 4 rings (SSSR count). The van der Waals surface area contributed by atoms with E-state index in [9.17, 15) is 14.3 Å². The van der Waals surface area contributed by atoms with Gasteiger partial charge in [0.15, 0.2) is 0 Å². The summed E-state index contributed by atoms with van der Waals surface area (Å²) >= 11 is 0. The van der Waals surface area contributed by atoms with Gasteiger partial charge in [-0.05, 0) is 36.0 Å². The average Bonchev–Trinajstić information content (AvgIpc) is 2.84. The van der Waals surface area contributed by atoms with Crippen molar-refractivity contribution in [3.63, 3.8) is 0 Å². The number of aliphatic imine (C=N–C) groups is 1. The molecule has 0 fully saturated rings. The molecule has 0 radical (unpaired) electrons. The monoisotopic (exact) mass is 440 g/mol. The lowest BCUT2D eigenvalue weighted by molar-refractivity contribution is -0.145. The van der Waals surface area contributed by atoms with Gasteiger partial charge in [-0.2, -0.15) is 0 Å². The molecule has 5 nitrogen and oxygen atoms in total. The minimum Gasteiger partial charge on any atom is -0.478 e. The van der Waals surface area contributed by atoms with Gasteiger partial charge in [0.2, 0.25) is 12.0 Å². The van der Waals surface area contributed by atoms with Crippen molar-refractivity contribution in [1.29, 1.82) is 0 Å². The zero-order chi connectivity index (χ0) is 23.2. The number of nitrogens with zero attached hydrogens (tertiary/aromatic N) is 2. The second-order valence-electron chi connectivity index (χ2n) is 7.34. The Hall–Kier alpha value is -4.32. The van der Waals surface area contributed by atoms with Crippen LogP contribution in [0.5, 0.6) is 5.88 Å². The van der Waals surface area contributed by atoms with Crippen LogP contribution in [0, 0.1) is 5.82 Å². The Bertz CT molecular complexity index is 1260. The van der Waals surface area contributed by atoms with Gasteiger partial charge in [-0.3, -0.25) is 4.99 Å². The molecule has 0 spiro atoms. The van der Waals surface area contributed by atoms with E-state index in [2.05, 4.69) is 16.7 Å².